The fraction of sp³-hybridized carbons (Fsp3) is 0.458. The summed E-state index contributed by atoms with van der Waals surface area (Å²) in [5.74, 6) is -3.06. The summed E-state index contributed by atoms with van der Waals surface area (Å²) in [6.45, 7) is 3.07. The van der Waals surface area contributed by atoms with Gasteiger partial charge in [0.25, 0.3) is 5.91 Å². The highest BCUT2D eigenvalue weighted by Crippen LogP contribution is 2.50. The van der Waals surface area contributed by atoms with Crippen LogP contribution in [0.4, 0.5) is 13.2 Å². The molecule has 2 N–H and O–H groups in total. The van der Waals surface area contributed by atoms with E-state index in [1.807, 2.05) is 0 Å². The predicted octanol–water partition coefficient (Wildman–Crippen LogP) is 2.99. The Kier molecular flexibility index (Phi) is 6.28. The number of halogens is 3. The summed E-state index contributed by atoms with van der Waals surface area (Å²) >= 11 is 0. The molecule has 4 rings (SSSR count). The average molecular weight is 497 g/mol. The molecule has 5 atom stereocenters. The van der Waals surface area contributed by atoms with E-state index < -0.39 is 51.1 Å². The van der Waals surface area contributed by atoms with Crippen molar-refractivity contribution in [1.29, 1.82) is 0 Å². The van der Waals surface area contributed by atoms with Crippen LogP contribution < -0.4 is 4.72 Å². The second-order valence-electron chi connectivity index (χ2n) is 9.43. The van der Waals surface area contributed by atoms with E-state index in [4.69, 9.17) is 0 Å². The molecule has 34 heavy (non-hydrogen) atoms. The first kappa shape index (κ1) is 24.7. The molecule has 2 aliphatic rings. The molecule has 1 aliphatic heterocycles. The molecule has 1 saturated carbocycles. The van der Waals surface area contributed by atoms with Gasteiger partial charge in [-0.1, -0.05) is 25.1 Å². The largest absolute Gasteiger partial charge is 0.380 e. The topological polar surface area (TPSA) is 86.7 Å². The molecule has 2 fully saturated rings. The predicted molar refractivity (Wildman–Crippen MR) is 121 cm³/mol. The van der Waals surface area contributed by atoms with Crippen molar-refractivity contribution in [3.63, 3.8) is 0 Å². The molecular formula is C24H27F3N2O4S. The van der Waals surface area contributed by atoms with Gasteiger partial charge in [0.2, 0.25) is 10.0 Å². The van der Waals surface area contributed by atoms with Crippen molar-refractivity contribution in [2.24, 2.45) is 5.92 Å². The monoisotopic (exact) mass is 496 g/mol. The SMILES string of the molecule is CCC(C)(O)C(=O)N1[C@@H]2C[C@@H]2[C@@H](NS(C)(=O)=O)[C@H]1Cc1cccc(-c2cc(F)cc(F)c2)c1F. The normalized spacial score (nSPS) is 25.7. The first-order valence-corrected chi connectivity index (χ1v) is 13.0. The second-order valence-corrected chi connectivity index (χ2v) is 11.2. The van der Waals surface area contributed by atoms with Crippen LogP contribution in [0.1, 0.15) is 32.3 Å². The second kappa shape index (κ2) is 8.66. The summed E-state index contributed by atoms with van der Waals surface area (Å²) in [5, 5.41) is 10.6. The molecule has 1 aliphatic carbocycles. The average Bonchev–Trinajstić information content (AvgIpc) is 3.46. The Labute approximate surface area is 196 Å². The molecule has 0 spiro atoms. The van der Waals surface area contributed by atoms with E-state index in [2.05, 4.69) is 4.72 Å². The van der Waals surface area contributed by atoms with E-state index in [0.29, 0.717) is 12.5 Å². The number of carbonyl (C=O) groups excluding carboxylic acids is 1. The number of nitrogens with one attached hydrogen (secondary N) is 1. The first-order chi connectivity index (χ1) is 15.8. The molecule has 1 amide bonds. The third-order valence-electron chi connectivity index (χ3n) is 6.81. The van der Waals surface area contributed by atoms with Gasteiger partial charge in [-0.05, 0) is 55.4 Å². The summed E-state index contributed by atoms with van der Waals surface area (Å²) in [7, 11) is -3.63. The van der Waals surface area contributed by atoms with E-state index in [1.54, 1.807) is 13.0 Å². The summed E-state index contributed by atoms with van der Waals surface area (Å²) < 4.78 is 69.7. The van der Waals surface area contributed by atoms with Gasteiger partial charge in [0.1, 0.15) is 23.1 Å². The number of likely N-dealkylation sites (tertiary alicyclic amines) is 1. The van der Waals surface area contributed by atoms with Crippen LogP contribution in [0.2, 0.25) is 0 Å². The summed E-state index contributed by atoms with van der Waals surface area (Å²) in [6, 6.07) is 5.55. The third kappa shape index (κ3) is 4.71. The highest BCUT2D eigenvalue weighted by atomic mass is 32.2. The van der Waals surface area contributed by atoms with Crippen LogP contribution in [0.15, 0.2) is 36.4 Å². The first-order valence-electron chi connectivity index (χ1n) is 11.1. The van der Waals surface area contributed by atoms with Gasteiger partial charge in [-0.2, -0.15) is 0 Å². The molecule has 10 heteroatoms. The Balaban J connectivity index is 1.73. The summed E-state index contributed by atoms with van der Waals surface area (Å²) in [6.07, 6.45) is 1.73. The maximum absolute atomic E-state index is 15.5. The smallest absolute Gasteiger partial charge is 0.254 e. The number of hydrogen-bond acceptors (Lipinski definition) is 4. The quantitative estimate of drug-likeness (QED) is 0.617. The van der Waals surface area contributed by atoms with E-state index in [0.717, 1.165) is 18.4 Å². The lowest BCUT2D eigenvalue weighted by atomic mass is 9.93. The molecule has 1 heterocycles. The molecular weight excluding hydrogens is 469 g/mol. The van der Waals surface area contributed by atoms with Crippen molar-refractivity contribution in [2.45, 2.75) is 56.8 Å². The van der Waals surface area contributed by atoms with Gasteiger partial charge < -0.3 is 10.0 Å². The minimum Gasteiger partial charge on any atom is -0.380 e. The van der Waals surface area contributed by atoms with E-state index in [1.165, 1.54) is 24.0 Å². The standard InChI is InChI=1S/C24H27F3N2O4S/c1-4-24(2,31)23(30)29-19-12-18(19)22(28-34(3,32)33)20(29)10-13-6-5-7-17(21(13)27)14-8-15(25)11-16(26)9-14/h5-9,11,18-20,22,28,31H,4,10,12H2,1-3H3/t18-,19+,20+,22+,24?/m0/s1. The maximum atomic E-state index is 15.5. The lowest BCUT2D eigenvalue weighted by molar-refractivity contribution is -0.152. The van der Waals surface area contributed by atoms with Gasteiger partial charge in [0, 0.05) is 23.7 Å². The van der Waals surface area contributed by atoms with Crippen LogP contribution in [-0.4, -0.2) is 54.3 Å². The van der Waals surface area contributed by atoms with Gasteiger partial charge in [-0.3, -0.25) is 4.79 Å². The Hall–Kier alpha value is -2.43. The van der Waals surface area contributed by atoms with Crippen molar-refractivity contribution in [1.82, 2.24) is 9.62 Å². The number of piperidine rings is 1. The number of aliphatic hydroxyl groups is 1. The van der Waals surface area contributed by atoms with Gasteiger partial charge in [0.05, 0.1) is 12.3 Å². The Morgan fingerprint density at radius 2 is 1.85 bits per heavy atom. The van der Waals surface area contributed by atoms with Gasteiger partial charge in [0.15, 0.2) is 0 Å². The molecule has 1 saturated heterocycles. The molecule has 2 aromatic carbocycles. The zero-order valence-corrected chi connectivity index (χ0v) is 19.9. The van der Waals surface area contributed by atoms with Crippen molar-refractivity contribution in [3.05, 3.63) is 59.4 Å². The maximum Gasteiger partial charge on any atom is 0.254 e. The van der Waals surface area contributed by atoms with Gasteiger partial charge >= 0.3 is 0 Å². The number of hydrogen-bond donors (Lipinski definition) is 2. The van der Waals surface area contributed by atoms with Crippen molar-refractivity contribution in [3.8, 4) is 11.1 Å². The Morgan fingerprint density at radius 1 is 1.21 bits per heavy atom. The third-order valence-corrected chi connectivity index (χ3v) is 7.51. The number of rotatable bonds is 7. The van der Waals surface area contributed by atoms with Crippen LogP contribution in [0, 0.1) is 23.4 Å². The molecule has 6 nitrogen and oxygen atoms in total. The van der Waals surface area contributed by atoms with Gasteiger partial charge in [-0.15, -0.1) is 0 Å². The number of benzene rings is 2. The van der Waals surface area contributed by atoms with E-state index in [-0.39, 0.29) is 41.5 Å². The lowest BCUT2D eigenvalue weighted by Crippen LogP contribution is -2.55. The molecule has 184 valence electrons. The zero-order valence-electron chi connectivity index (χ0n) is 19.1. The van der Waals surface area contributed by atoms with Crippen molar-refractivity contribution in [2.75, 3.05) is 6.26 Å². The fourth-order valence-electron chi connectivity index (χ4n) is 4.87. The van der Waals surface area contributed by atoms with Crippen LogP contribution in [0.3, 0.4) is 0 Å². The number of sulfonamides is 1. The molecule has 0 aromatic heterocycles. The number of fused-ring (bicyclic) bond motifs is 1. The molecule has 1 unspecified atom stereocenters. The highest BCUT2D eigenvalue weighted by molar-refractivity contribution is 7.88. The summed E-state index contributed by atoms with van der Waals surface area (Å²) in [5.41, 5.74) is -1.46. The van der Waals surface area contributed by atoms with Crippen LogP contribution in [0.25, 0.3) is 11.1 Å². The number of nitrogens with zero attached hydrogens (tertiary/aromatic N) is 1. The minimum atomic E-state index is -3.63. The van der Waals surface area contributed by atoms with Crippen molar-refractivity contribution < 1.29 is 31.5 Å². The zero-order chi connectivity index (χ0) is 25.0. The number of amides is 1. The Bertz CT molecular complexity index is 1210. The van der Waals surface area contributed by atoms with Crippen LogP contribution >= 0.6 is 0 Å². The van der Waals surface area contributed by atoms with Crippen LogP contribution in [-0.2, 0) is 21.2 Å². The minimum absolute atomic E-state index is 0.00916. The fourth-order valence-corrected chi connectivity index (χ4v) is 5.70. The van der Waals surface area contributed by atoms with Crippen LogP contribution in [0.5, 0.6) is 0 Å². The van der Waals surface area contributed by atoms with E-state index >= 15 is 4.39 Å². The van der Waals surface area contributed by atoms with Crippen molar-refractivity contribution >= 4 is 15.9 Å². The lowest BCUT2D eigenvalue weighted by Gasteiger charge is -2.36. The summed E-state index contributed by atoms with van der Waals surface area (Å²) in [4.78, 5) is 14.7. The molecule has 0 radical (unpaired) electrons. The van der Waals surface area contributed by atoms with Gasteiger partial charge in [-0.25, -0.2) is 26.3 Å². The number of carbonyl (C=O) groups is 1. The highest BCUT2D eigenvalue weighted by Gasteiger charge is 2.62. The van der Waals surface area contributed by atoms with E-state index in [9.17, 15) is 27.1 Å². The molecule has 0 bridgehead atoms. The Morgan fingerprint density at radius 3 is 2.44 bits per heavy atom. The molecule has 2 aromatic rings.